The van der Waals surface area contributed by atoms with E-state index in [1.165, 1.54) is 18.2 Å². The van der Waals surface area contributed by atoms with Gasteiger partial charge in [-0.05, 0) is 29.3 Å². The molecule has 0 aliphatic heterocycles. The quantitative estimate of drug-likeness (QED) is 0.462. The fourth-order valence-electron chi connectivity index (χ4n) is 2.63. The van der Waals surface area contributed by atoms with Crippen LogP contribution < -0.4 is 11.1 Å². The molecule has 1 unspecified atom stereocenters. The highest BCUT2D eigenvalue weighted by Gasteiger charge is 2.42. The zero-order valence-corrected chi connectivity index (χ0v) is 14.5. The van der Waals surface area contributed by atoms with Crippen LogP contribution in [0.15, 0.2) is 42.5 Å². The molecule has 0 saturated carbocycles. The van der Waals surface area contributed by atoms with Gasteiger partial charge < -0.3 is 20.9 Å². The maximum absolute atomic E-state index is 12.3. The van der Waals surface area contributed by atoms with Crippen LogP contribution in [0.5, 0.6) is 0 Å². The van der Waals surface area contributed by atoms with Crippen LogP contribution in [0, 0.1) is 0 Å². The second kappa shape index (κ2) is 7.31. The molecule has 0 aliphatic rings. The fourth-order valence-corrected chi connectivity index (χ4v) is 2.63. The van der Waals surface area contributed by atoms with Crippen molar-refractivity contribution in [3.8, 4) is 11.1 Å². The molecule has 7 nitrogen and oxygen atoms in total. The van der Waals surface area contributed by atoms with Gasteiger partial charge in [0.15, 0.2) is 0 Å². The van der Waals surface area contributed by atoms with Crippen molar-refractivity contribution in [1.82, 2.24) is 9.97 Å². The van der Waals surface area contributed by atoms with Gasteiger partial charge in [-0.3, -0.25) is 0 Å². The molecule has 1 atom stereocenters. The molecule has 3 aromatic rings. The van der Waals surface area contributed by atoms with Crippen LogP contribution in [0.1, 0.15) is 11.9 Å². The number of hydrogen-bond acceptors (Lipinski definition) is 7. The summed E-state index contributed by atoms with van der Waals surface area (Å²) in [4.78, 5) is 19.2. The number of anilines is 2. The highest BCUT2D eigenvalue weighted by atomic mass is 19.4. The number of halogens is 3. The van der Waals surface area contributed by atoms with Gasteiger partial charge in [-0.2, -0.15) is 18.2 Å². The summed E-state index contributed by atoms with van der Waals surface area (Å²) >= 11 is 0. The first-order valence-corrected chi connectivity index (χ1v) is 8.00. The number of aromatic nitrogens is 2. The number of fused-ring (bicyclic) bond motifs is 1. The van der Waals surface area contributed by atoms with Gasteiger partial charge in [0.2, 0.25) is 12.2 Å². The lowest BCUT2D eigenvalue weighted by Gasteiger charge is -2.15. The molecule has 10 heteroatoms. The Morgan fingerprint density at radius 2 is 1.89 bits per heavy atom. The molecule has 0 fully saturated rings. The van der Waals surface area contributed by atoms with Gasteiger partial charge in [0.05, 0.1) is 5.52 Å². The third kappa shape index (κ3) is 3.96. The van der Waals surface area contributed by atoms with E-state index in [2.05, 4.69) is 20.0 Å². The Kier molecular flexibility index (Phi) is 5.06. The van der Waals surface area contributed by atoms with E-state index in [0.29, 0.717) is 22.5 Å². The highest BCUT2D eigenvalue weighted by Crippen LogP contribution is 2.29. The fraction of sp³-hybridized carbons (Fsp3) is 0.167. The van der Waals surface area contributed by atoms with Crippen molar-refractivity contribution in [2.75, 3.05) is 18.1 Å². The number of nitrogen functional groups attached to an aromatic ring is 1. The molecule has 1 aromatic heterocycles. The third-order valence-corrected chi connectivity index (χ3v) is 3.91. The first kappa shape index (κ1) is 19.4. The Morgan fingerprint density at radius 3 is 2.57 bits per heavy atom. The Morgan fingerprint density at radius 1 is 1.18 bits per heavy atom. The Bertz CT molecular complexity index is 1040. The number of nitrogens with zero attached hydrogens (tertiary/aromatic N) is 2. The van der Waals surface area contributed by atoms with Crippen LogP contribution in [-0.4, -0.2) is 34.3 Å². The van der Waals surface area contributed by atoms with Crippen molar-refractivity contribution >= 4 is 28.6 Å². The minimum Gasteiger partial charge on any atom is -0.425 e. The Hall–Kier alpha value is -3.40. The van der Waals surface area contributed by atoms with Crippen LogP contribution in [0.4, 0.5) is 24.9 Å². The van der Waals surface area contributed by atoms with E-state index in [0.717, 1.165) is 5.39 Å². The minimum absolute atomic E-state index is 0.00619. The summed E-state index contributed by atoms with van der Waals surface area (Å²) in [7, 11) is 1.70. The van der Waals surface area contributed by atoms with Gasteiger partial charge in [0, 0.05) is 18.0 Å². The normalized spacial score (nSPS) is 12.6. The van der Waals surface area contributed by atoms with Crippen LogP contribution in [0.25, 0.3) is 22.0 Å². The predicted octanol–water partition coefficient (Wildman–Crippen LogP) is 3.02. The standard InChI is InChI=1S/C18H15F3N4O3/c1-23-14-12-6-5-10(8-13(12)24-17(22)25-14)9-3-2-4-11(7-9)15(26)28-16(27)18(19,20)21/h2-8,15,26H,1H3,(H3,22,23,24,25). The lowest BCUT2D eigenvalue weighted by Crippen LogP contribution is -2.27. The number of carbonyl (C=O) groups excluding carboxylic acids is 1. The van der Waals surface area contributed by atoms with Gasteiger partial charge in [0.1, 0.15) is 5.82 Å². The molecule has 0 radical (unpaired) electrons. The van der Waals surface area contributed by atoms with E-state index in [-0.39, 0.29) is 11.5 Å². The van der Waals surface area contributed by atoms with E-state index < -0.39 is 18.4 Å². The molecule has 4 N–H and O–H groups in total. The van der Waals surface area contributed by atoms with Gasteiger partial charge in [-0.15, -0.1) is 0 Å². The summed E-state index contributed by atoms with van der Waals surface area (Å²) in [5.41, 5.74) is 7.50. The molecular weight excluding hydrogens is 377 g/mol. The molecule has 2 aromatic carbocycles. The first-order valence-electron chi connectivity index (χ1n) is 8.00. The van der Waals surface area contributed by atoms with E-state index in [4.69, 9.17) is 5.73 Å². The molecule has 0 bridgehead atoms. The van der Waals surface area contributed by atoms with Gasteiger partial charge in [-0.1, -0.05) is 24.3 Å². The predicted molar refractivity (Wildman–Crippen MR) is 96.0 cm³/mol. The number of aliphatic hydroxyl groups is 1. The molecule has 28 heavy (non-hydrogen) atoms. The van der Waals surface area contributed by atoms with Gasteiger partial charge in [-0.25, -0.2) is 9.78 Å². The van der Waals surface area contributed by atoms with Crippen LogP contribution in [-0.2, 0) is 9.53 Å². The van der Waals surface area contributed by atoms with Gasteiger partial charge in [0.25, 0.3) is 0 Å². The molecule has 3 rings (SSSR count). The van der Waals surface area contributed by atoms with Crippen LogP contribution in [0.2, 0.25) is 0 Å². The number of benzene rings is 2. The number of nitrogens with one attached hydrogen (secondary N) is 1. The first-order chi connectivity index (χ1) is 13.2. The molecule has 0 spiro atoms. The number of aliphatic hydroxyl groups excluding tert-OH is 1. The summed E-state index contributed by atoms with van der Waals surface area (Å²) in [5, 5.41) is 13.5. The van der Waals surface area contributed by atoms with E-state index in [1.807, 2.05) is 0 Å². The average molecular weight is 392 g/mol. The number of carbonyl (C=O) groups is 1. The minimum atomic E-state index is -5.19. The zero-order valence-electron chi connectivity index (χ0n) is 14.5. The van der Waals surface area contributed by atoms with Crippen molar-refractivity contribution in [1.29, 1.82) is 0 Å². The van der Waals surface area contributed by atoms with Crippen LogP contribution in [0.3, 0.4) is 0 Å². The maximum Gasteiger partial charge on any atom is 0.491 e. The van der Waals surface area contributed by atoms with Crippen molar-refractivity contribution in [3.63, 3.8) is 0 Å². The number of nitrogens with two attached hydrogens (primary N) is 1. The van der Waals surface area contributed by atoms with Crippen molar-refractivity contribution in [2.45, 2.75) is 12.5 Å². The number of ether oxygens (including phenoxy) is 1. The van der Waals surface area contributed by atoms with Gasteiger partial charge >= 0.3 is 12.1 Å². The monoisotopic (exact) mass is 392 g/mol. The Labute approximate surface area is 157 Å². The number of hydrogen-bond donors (Lipinski definition) is 3. The molecule has 1 heterocycles. The molecule has 0 aliphatic carbocycles. The van der Waals surface area contributed by atoms with Crippen molar-refractivity contribution in [2.24, 2.45) is 0 Å². The summed E-state index contributed by atoms with van der Waals surface area (Å²) in [6.07, 6.45) is -7.25. The summed E-state index contributed by atoms with van der Waals surface area (Å²) in [5.74, 6) is -1.84. The number of alkyl halides is 3. The average Bonchev–Trinajstić information content (AvgIpc) is 2.66. The second-order valence-corrected chi connectivity index (χ2v) is 5.79. The molecular formula is C18H15F3N4O3. The second-order valence-electron chi connectivity index (χ2n) is 5.79. The SMILES string of the molecule is CNc1nc(N)nc2cc(-c3cccc(C(O)OC(=O)C(F)(F)F)c3)ccc12. The molecule has 0 amide bonds. The number of rotatable bonds is 4. The lowest BCUT2D eigenvalue weighted by molar-refractivity contribution is -0.220. The van der Waals surface area contributed by atoms with Crippen molar-refractivity contribution < 1.29 is 27.8 Å². The zero-order chi connectivity index (χ0) is 20.5. The summed E-state index contributed by atoms with van der Waals surface area (Å²) in [6, 6.07) is 11.2. The summed E-state index contributed by atoms with van der Waals surface area (Å²) < 4.78 is 41.0. The smallest absolute Gasteiger partial charge is 0.425 e. The Balaban J connectivity index is 1.94. The molecule has 146 valence electrons. The highest BCUT2D eigenvalue weighted by molar-refractivity contribution is 5.92. The summed E-state index contributed by atoms with van der Waals surface area (Å²) in [6.45, 7) is 0. The van der Waals surface area contributed by atoms with Crippen molar-refractivity contribution in [3.05, 3.63) is 48.0 Å². The topological polar surface area (TPSA) is 110 Å². The number of esters is 1. The third-order valence-electron chi connectivity index (χ3n) is 3.91. The van der Waals surface area contributed by atoms with E-state index in [1.54, 1.807) is 31.3 Å². The lowest BCUT2D eigenvalue weighted by atomic mass is 10.0. The maximum atomic E-state index is 12.3. The molecule has 0 saturated heterocycles. The largest absolute Gasteiger partial charge is 0.491 e. The van der Waals surface area contributed by atoms with E-state index in [9.17, 15) is 23.1 Å². The van der Waals surface area contributed by atoms with E-state index >= 15 is 0 Å². The van der Waals surface area contributed by atoms with Crippen LogP contribution >= 0.6 is 0 Å².